The normalized spacial score (nSPS) is 10.3. The van der Waals surface area contributed by atoms with E-state index in [1.807, 2.05) is 0 Å². The van der Waals surface area contributed by atoms with Crippen molar-refractivity contribution in [3.8, 4) is 0 Å². The average molecular weight is 300 g/mol. The first-order valence-electron chi connectivity index (χ1n) is 5.21. The predicted molar refractivity (Wildman–Crippen MR) is 71.2 cm³/mol. The highest BCUT2D eigenvalue weighted by Gasteiger charge is 2.18. The lowest BCUT2D eigenvalue weighted by atomic mass is 10.2. The molecule has 7 heteroatoms. The number of rotatable bonds is 2. The Balaban J connectivity index is 2.36. The third kappa shape index (κ3) is 3.00. The number of anilines is 1. The molecule has 4 nitrogen and oxygen atoms in total. The molecule has 1 aromatic carbocycles. The largest absolute Gasteiger partial charge is 0.311 e. The molecule has 1 heterocycles. The van der Waals surface area contributed by atoms with Crippen molar-refractivity contribution in [2.24, 2.45) is 0 Å². The van der Waals surface area contributed by atoms with Gasteiger partial charge in [0.15, 0.2) is 10.3 Å². The van der Waals surface area contributed by atoms with Crippen LogP contribution in [0.5, 0.6) is 0 Å². The van der Waals surface area contributed by atoms with Crippen LogP contribution < -0.4 is 4.90 Å². The number of benzene rings is 1. The molecular weight excluding hydrogens is 292 g/mol. The van der Waals surface area contributed by atoms with E-state index in [4.69, 9.17) is 23.2 Å². The first-order valence-corrected chi connectivity index (χ1v) is 5.97. The first-order chi connectivity index (χ1) is 8.99. The molecule has 2 rings (SSSR count). The summed E-state index contributed by atoms with van der Waals surface area (Å²) < 4.78 is 13.1. The molecule has 0 atom stereocenters. The zero-order chi connectivity index (χ0) is 14.0. The Kier molecular flexibility index (Phi) is 3.97. The standard InChI is InChI=1S/C12H8Cl2FN3O/c1-18(8-4-2-3-7(15)5-8)12(19)9-6-10(13)16-17-11(9)14/h2-6H,1H3. The van der Waals surface area contributed by atoms with Gasteiger partial charge in [0.1, 0.15) is 5.82 Å². The Morgan fingerprint density at radius 2 is 2.00 bits per heavy atom. The van der Waals surface area contributed by atoms with Crippen LogP contribution in [0.1, 0.15) is 10.4 Å². The summed E-state index contributed by atoms with van der Waals surface area (Å²) in [5, 5.41) is 7.07. The number of nitrogens with zero attached hydrogens (tertiary/aromatic N) is 3. The Bertz CT molecular complexity index is 636. The number of halogens is 3. The molecule has 0 radical (unpaired) electrons. The smallest absolute Gasteiger partial charge is 0.261 e. The summed E-state index contributed by atoms with van der Waals surface area (Å²) in [6, 6.07) is 6.95. The van der Waals surface area contributed by atoms with Crippen molar-refractivity contribution in [3.63, 3.8) is 0 Å². The van der Waals surface area contributed by atoms with Crippen LogP contribution >= 0.6 is 23.2 Å². The zero-order valence-corrected chi connectivity index (χ0v) is 11.3. The van der Waals surface area contributed by atoms with Gasteiger partial charge in [-0.3, -0.25) is 4.79 Å². The molecular formula is C12H8Cl2FN3O. The molecule has 0 bridgehead atoms. The second-order valence-corrected chi connectivity index (χ2v) is 4.46. The zero-order valence-electron chi connectivity index (χ0n) is 9.77. The van der Waals surface area contributed by atoms with E-state index in [1.54, 1.807) is 6.07 Å². The summed E-state index contributed by atoms with van der Waals surface area (Å²) >= 11 is 11.5. The van der Waals surface area contributed by atoms with Gasteiger partial charge in [-0.25, -0.2) is 4.39 Å². The lowest BCUT2D eigenvalue weighted by Crippen LogP contribution is -2.27. The molecule has 0 unspecified atom stereocenters. The molecule has 0 N–H and O–H groups in total. The summed E-state index contributed by atoms with van der Waals surface area (Å²) in [6.07, 6.45) is 0. The highest BCUT2D eigenvalue weighted by Crippen LogP contribution is 2.21. The summed E-state index contributed by atoms with van der Waals surface area (Å²) in [7, 11) is 1.50. The first kappa shape index (κ1) is 13.7. The van der Waals surface area contributed by atoms with Crippen LogP contribution in [0.3, 0.4) is 0 Å². The van der Waals surface area contributed by atoms with Gasteiger partial charge in [0.25, 0.3) is 5.91 Å². The Hall–Kier alpha value is -1.72. The highest BCUT2D eigenvalue weighted by molar-refractivity contribution is 6.34. The third-order valence-electron chi connectivity index (χ3n) is 2.45. The maximum atomic E-state index is 13.1. The van der Waals surface area contributed by atoms with E-state index < -0.39 is 11.7 Å². The van der Waals surface area contributed by atoms with Gasteiger partial charge in [-0.05, 0) is 24.3 Å². The monoisotopic (exact) mass is 299 g/mol. The van der Waals surface area contributed by atoms with Crippen molar-refractivity contribution in [2.45, 2.75) is 0 Å². The van der Waals surface area contributed by atoms with Crippen LogP contribution in [0.15, 0.2) is 30.3 Å². The number of amides is 1. The van der Waals surface area contributed by atoms with Crippen LogP contribution in [-0.2, 0) is 0 Å². The Labute approximate surface area is 118 Å². The predicted octanol–water partition coefficient (Wildman–Crippen LogP) is 3.20. The van der Waals surface area contributed by atoms with Crippen molar-refractivity contribution in [3.05, 3.63) is 52.0 Å². The van der Waals surface area contributed by atoms with Crippen molar-refractivity contribution < 1.29 is 9.18 Å². The molecule has 0 spiro atoms. The van der Waals surface area contributed by atoms with Gasteiger partial charge in [-0.1, -0.05) is 29.3 Å². The number of hydrogen-bond acceptors (Lipinski definition) is 3. The summed E-state index contributed by atoms with van der Waals surface area (Å²) in [5.41, 5.74) is 0.502. The molecule has 0 aliphatic carbocycles. The van der Waals surface area contributed by atoms with E-state index >= 15 is 0 Å². The third-order valence-corrected chi connectivity index (χ3v) is 2.91. The molecule has 0 fully saturated rings. The van der Waals surface area contributed by atoms with E-state index in [9.17, 15) is 9.18 Å². The minimum absolute atomic E-state index is 0.0559. The van der Waals surface area contributed by atoms with Gasteiger partial charge in [0.2, 0.25) is 0 Å². The molecule has 98 valence electrons. The number of carbonyl (C=O) groups is 1. The van der Waals surface area contributed by atoms with E-state index in [2.05, 4.69) is 10.2 Å². The second-order valence-electron chi connectivity index (χ2n) is 3.72. The Morgan fingerprint density at radius 3 is 2.68 bits per heavy atom. The summed E-state index contributed by atoms with van der Waals surface area (Å²) in [5.74, 6) is -0.887. The maximum Gasteiger partial charge on any atom is 0.261 e. The number of hydrogen-bond donors (Lipinski definition) is 0. The van der Waals surface area contributed by atoms with E-state index in [0.717, 1.165) is 0 Å². The molecule has 0 saturated carbocycles. The molecule has 19 heavy (non-hydrogen) atoms. The fraction of sp³-hybridized carbons (Fsp3) is 0.0833. The van der Waals surface area contributed by atoms with Crippen LogP contribution in [0.25, 0.3) is 0 Å². The SMILES string of the molecule is CN(C(=O)c1cc(Cl)nnc1Cl)c1cccc(F)c1. The molecule has 2 aromatic rings. The fourth-order valence-electron chi connectivity index (χ4n) is 1.49. The van der Waals surface area contributed by atoms with Crippen LogP contribution in [0, 0.1) is 5.82 Å². The van der Waals surface area contributed by atoms with E-state index in [1.165, 1.54) is 36.2 Å². The summed E-state index contributed by atoms with van der Waals surface area (Å²) in [4.78, 5) is 13.5. The van der Waals surface area contributed by atoms with Gasteiger partial charge in [0.05, 0.1) is 5.56 Å². The van der Waals surface area contributed by atoms with Crippen LogP contribution in [0.2, 0.25) is 10.3 Å². The molecule has 1 aromatic heterocycles. The van der Waals surface area contributed by atoms with Gasteiger partial charge in [-0.15, -0.1) is 10.2 Å². The molecule has 1 amide bonds. The minimum Gasteiger partial charge on any atom is -0.311 e. The van der Waals surface area contributed by atoms with Gasteiger partial charge in [0, 0.05) is 12.7 Å². The quantitative estimate of drug-likeness (QED) is 0.855. The van der Waals surface area contributed by atoms with Crippen LogP contribution in [-0.4, -0.2) is 23.2 Å². The second kappa shape index (κ2) is 5.50. The van der Waals surface area contributed by atoms with E-state index in [0.29, 0.717) is 5.69 Å². The van der Waals surface area contributed by atoms with E-state index in [-0.39, 0.29) is 15.9 Å². The number of aromatic nitrogens is 2. The maximum absolute atomic E-state index is 13.1. The molecule has 0 aliphatic rings. The van der Waals surface area contributed by atoms with Crippen molar-refractivity contribution >= 4 is 34.8 Å². The van der Waals surface area contributed by atoms with Gasteiger partial charge >= 0.3 is 0 Å². The fourth-order valence-corrected chi connectivity index (χ4v) is 1.81. The summed E-state index contributed by atoms with van der Waals surface area (Å²) in [6.45, 7) is 0. The minimum atomic E-state index is -0.451. The molecule has 0 saturated heterocycles. The average Bonchev–Trinajstić information content (AvgIpc) is 2.40. The van der Waals surface area contributed by atoms with Gasteiger partial charge < -0.3 is 4.90 Å². The Morgan fingerprint density at radius 1 is 1.26 bits per heavy atom. The molecule has 0 aliphatic heterocycles. The highest BCUT2D eigenvalue weighted by atomic mass is 35.5. The lowest BCUT2D eigenvalue weighted by Gasteiger charge is -2.17. The van der Waals surface area contributed by atoms with Crippen LogP contribution in [0.4, 0.5) is 10.1 Å². The van der Waals surface area contributed by atoms with Crippen molar-refractivity contribution in [1.29, 1.82) is 0 Å². The van der Waals surface area contributed by atoms with Gasteiger partial charge in [-0.2, -0.15) is 0 Å². The topological polar surface area (TPSA) is 46.1 Å². The van der Waals surface area contributed by atoms with Crippen molar-refractivity contribution in [2.75, 3.05) is 11.9 Å². The number of carbonyl (C=O) groups excluding carboxylic acids is 1. The lowest BCUT2D eigenvalue weighted by molar-refractivity contribution is 0.0992. The van der Waals surface area contributed by atoms with Crippen molar-refractivity contribution in [1.82, 2.24) is 10.2 Å².